The smallest absolute Gasteiger partial charge is 0.328 e. The first kappa shape index (κ1) is 11.1. The molecule has 2 aliphatic rings. The Morgan fingerprint density at radius 1 is 1.25 bits per heavy atom. The lowest BCUT2D eigenvalue weighted by atomic mass is 9.89. The van der Waals surface area contributed by atoms with Crippen molar-refractivity contribution >= 4 is 11.9 Å². The molecule has 1 N–H and O–H groups in total. The van der Waals surface area contributed by atoms with Gasteiger partial charge in [0.05, 0.1) is 6.61 Å². The number of carbonyl (C=O) groups is 2. The first-order chi connectivity index (χ1) is 7.66. The van der Waals surface area contributed by atoms with E-state index in [1.165, 1.54) is 0 Å². The van der Waals surface area contributed by atoms with Crippen molar-refractivity contribution in [2.75, 3.05) is 26.3 Å². The molecular weight excluding hydrogens is 210 g/mol. The maximum Gasteiger partial charge on any atom is 0.328 e. The molecule has 2 aliphatic heterocycles. The molecule has 2 rings (SSSR count). The van der Waals surface area contributed by atoms with Gasteiger partial charge in [-0.1, -0.05) is 0 Å². The van der Waals surface area contributed by atoms with Gasteiger partial charge in [0, 0.05) is 37.8 Å². The van der Waals surface area contributed by atoms with Gasteiger partial charge < -0.3 is 14.7 Å². The summed E-state index contributed by atoms with van der Waals surface area (Å²) in [7, 11) is 0. The Balaban J connectivity index is 1.91. The molecule has 2 atom stereocenters. The van der Waals surface area contributed by atoms with Gasteiger partial charge in [0.15, 0.2) is 0 Å². The highest BCUT2D eigenvalue weighted by Gasteiger charge is 2.34. The lowest BCUT2D eigenvalue weighted by molar-refractivity contribution is -0.132. The first-order valence-corrected chi connectivity index (χ1v) is 5.44. The van der Waals surface area contributed by atoms with Gasteiger partial charge in [-0.3, -0.25) is 4.79 Å². The molecule has 0 unspecified atom stereocenters. The lowest BCUT2D eigenvalue weighted by Gasteiger charge is -2.33. The number of hydrogen-bond acceptors (Lipinski definition) is 3. The SMILES string of the molecule is O=C(O)/C=C/C(=O)N1CC[C@@H]2COC[C@@H]2C1. The van der Waals surface area contributed by atoms with Gasteiger partial charge in [-0.05, 0) is 12.3 Å². The predicted octanol–water partition coefficient (Wildman–Crippen LogP) is 0.122. The van der Waals surface area contributed by atoms with Crippen molar-refractivity contribution in [1.82, 2.24) is 4.90 Å². The van der Waals surface area contributed by atoms with Crippen LogP contribution in [-0.4, -0.2) is 48.2 Å². The van der Waals surface area contributed by atoms with Gasteiger partial charge in [0.25, 0.3) is 0 Å². The Kier molecular flexibility index (Phi) is 3.24. The Morgan fingerprint density at radius 3 is 2.75 bits per heavy atom. The number of piperidine rings is 1. The van der Waals surface area contributed by atoms with E-state index in [0.717, 1.165) is 31.8 Å². The average molecular weight is 225 g/mol. The van der Waals surface area contributed by atoms with Crippen LogP contribution in [0.25, 0.3) is 0 Å². The first-order valence-electron chi connectivity index (χ1n) is 5.44. The van der Waals surface area contributed by atoms with E-state index in [-0.39, 0.29) is 5.91 Å². The third kappa shape index (κ3) is 2.41. The minimum Gasteiger partial charge on any atom is -0.478 e. The maximum atomic E-state index is 11.6. The molecule has 0 aliphatic carbocycles. The molecule has 16 heavy (non-hydrogen) atoms. The van der Waals surface area contributed by atoms with Gasteiger partial charge >= 0.3 is 5.97 Å². The second-order valence-corrected chi connectivity index (χ2v) is 4.30. The molecule has 2 heterocycles. The molecule has 0 aromatic heterocycles. The van der Waals surface area contributed by atoms with Gasteiger partial charge in [0.2, 0.25) is 5.91 Å². The summed E-state index contributed by atoms with van der Waals surface area (Å²) < 4.78 is 5.37. The van der Waals surface area contributed by atoms with Crippen LogP contribution in [0.4, 0.5) is 0 Å². The molecule has 5 heteroatoms. The number of fused-ring (bicyclic) bond motifs is 1. The molecule has 0 radical (unpaired) electrons. The van der Waals surface area contributed by atoms with Crippen LogP contribution < -0.4 is 0 Å². The van der Waals surface area contributed by atoms with Crippen molar-refractivity contribution in [1.29, 1.82) is 0 Å². The topological polar surface area (TPSA) is 66.8 Å². The molecule has 0 aromatic rings. The normalized spacial score (nSPS) is 29.4. The molecule has 88 valence electrons. The highest BCUT2D eigenvalue weighted by atomic mass is 16.5. The fraction of sp³-hybridized carbons (Fsp3) is 0.636. The van der Waals surface area contributed by atoms with Gasteiger partial charge in [0.1, 0.15) is 0 Å². The summed E-state index contributed by atoms with van der Waals surface area (Å²) in [6.45, 7) is 2.91. The fourth-order valence-corrected chi connectivity index (χ4v) is 2.31. The molecule has 5 nitrogen and oxygen atoms in total. The minimum atomic E-state index is -1.09. The van der Waals surface area contributed by atoms with Crippen molar-refractivity contribution in [2.24, 2.45) is 11.8 Å². The standard InChI is InChI=1S/C11H15NO4/c13-10(1-2-11(14)15)12-4-3-8-6-16-7-9(8)5-12/h1-2,8-9H,3-7H2,(H,14,15)/b2-1+/t8-,9+/m1/s1. The third-order valence-corrected chi connectivity index (χ3v) is 3.24. The Labute approximate surface area is 93.7 Å². The van der Waals surface area contributed by atoms with Crippen LogP contribution in [0.5, 0.6) is 0 Å². The van der Waals surface area contributed by atoms with E-state index in [2.05, 4.69) is 0 Å². The molecule has 2 fully saturated rings. The van der Waals surface area contributed by atoms with Crippen LogP contribution in [0.15, 0.2) is 12.2 Å². The highest BCUT2D eigenvalue weighted by Crippen LogP contribution is 2.29. The molecule has 0 bridgehead atoms. The summed E-state index contributed by atoms with van der Waals surface area (Å²) >= 11 is 0. The van der Waals surface area contributed by atoms with Gasteiger partial charge in [-0.25, -0.2) is 4.79 Å². The Bertz CT molecular complexity index is 326. The number of carboxylic acids is 1. The quantitative estimate of drug-likeness (QED) is 0.678. The van der Waals surface area contributed by atoms with Crippen LogP contribution in [0, 0.1) is 11.8 Å². The molecule has 0 spiro atoms. The number of hydrogen-bond donors (Lipinski definition) is 1. The van der Waals surface area contributed by atoms with Gasteiger partial charge in [-0.2, -0.15) is 0 Å². The zero-order valence-electron chi connectivity index (χ0n) is 8.96. The zero-order chi connectivity index (χ0) is 11.5. The maximum absolute atomic E-state index is 11.6. The van der Waals surface area contributed by atoms with E-state index >= 15 is 0 Å². The van der Waals surface area contributed by atoms with E-state index in [1.54, 1.807) is 4.90 Å². The number of likely N-dealkylation sites (tertiary alicyclic amines) is 1. The fourth-order valence-electron chi connectivity index (χ4n) is 2.31. The molecule has 2 saturated heterocycles. The van der Waals surface area contributed by atoms with Crippen molar-refractivity contribution < 1.29 is 19.4 Å². The van der Waals surface area contributed by atoms with Crippen molar-refractivity contribution in [3.8, 4) is 0 Å². The van der Waals surface area contributed by atoms with Crippen LogP contribution in [-0.2, 0) is 14.3 Å². The molecule has 1 amide bonds. The van der Waals surface area contributed by atoms with Crippen molar-refractivity contribution in [2.45, 2.75) is 6.42 Å². The number of aliphatic carboxylic acids is 1. The molecular formula is C11H15NO4. The molecule has 0 saturated carbocycles. The molecule has 0 aromatic carbocycles. The number of carboxylic acid groups (broad SMARTS) is 1. The van der Waals surface area contributed by atoms with E-state index in [9.17, 15) is 9.59 Å². The van der Waals surface area contributed by atoms with E-state index in [0.29, 0.717) is 24.9 Å². The number of amides is 1. The van der Waals surface area contributed by atoms with Crippen LogP contribution in [0.1, 0.15) is 6.42 Å². The van der Waals surface area contributed by atoms with Crippen molar-refractivity contribution in [3.05, 3.63) is 12.2 Å². The average Bonchev–Trinajstić information content (AvgIpc) is 2.72. The summed E-state index contributed by atoms with van der Waals surface area (Å²) in [6, 6.07) is 0. The monoisotopic (exact) mass is 225 g/mol. The van der Waals surface area contributed by atoms with E-state index < -0.39 is 5.97 Å². The van der Waals surface area contributed by atoms with Crippen LogP contribution >= 0.6 is 0 Å². The Morgan fingerprint density at radius 2 is 2.00 bits per heavy atom. The highest BCUT2D eigenvalue weighted by molar-refractivity contribution is 5.93. The summed E-state index contributed by atoms with van der Waals surface area (Å²) in [6.07, 6.45) is 2.97. The number of nitrogens with zero attached hydrogens (tertiary/aromatic N) is 1. The second-order valence-electron chi connectivity index (χ2n) is 4.30. The summed E-state index contributed by atoms with van der Waals surface area (Å²) in [5, 5.41) is 8.43. The Hall–Kier alpha value is -1.36. The van der Waals surface area contributed by atoms with E-state index in [1.807, 2.05) is 0 Å². The second kappa shape index (κ2) is 4.65. The largest absolute Gasteiger partial charge is 0.478 e. The number of rotatable bonds is 2. The summed E-state index contributed by atoms with van der Waals surface area (Å²) in [5.41, 5.74) is 0. The predicted molar refractivity (Wildman–Crippen MR) is 55.8 cm³/mol. The number of carbonyl (C=O) groups excluding carboxylic acids is 1. The zero-order valence-corrected chi connectivity index (χ0v) is 8.96. The lowest BCUT2D eigenvalue weighted by Crippen LogP contribution is -2.42. The summed E-state index contributed by atoms with van der Waals surface area (Å²) in [5.74, 6) is -0.302. The van der Waals surface area contributed by atoms with Crippen molar-refractivity contribution in [3.63, 3.8) is 0 Å². The van der Waals surface area contributed by atoms with Gasteiger partial charge in [-0.15, -0.1) is 0 Å². The van der Waals surface area contributed by atoms with E-state index in [4.69, 9.17) is 9.84 Å². The summed E-state index contributed by atoms with van der Waals surface area (Å²) in [4.78, 5) is 23.6. The minimum absolute atomic E-state index is 0.215. The van der Waals surface area contributed by atoms with Crippen LogP contribution in [0.3, 0.4) is 0 Å². The third-order valence-electron chi connectivity index (χ3n) is 3.24. The number of ether oxygens (including phenoxy) is 1. The van der Waals surface area contributed by atoms with Crippen LogP contribution in [0.2, 0.25) is 0 Å².